The van der Waals surface area contributed by atoms with Crippen LogP contribution in [-0.4, -0.2) is 37.6 Å². The van der Waals surface area contributed by atoms with Crippen LogP contribution in [-0.2, 0) is 4.74 Å². The van der Waals surface area contributed by atoms with Crippen LogP contribution in [0.3, 0.4) is 0 Å². The van der Waals surface area contributed by atoms with E-state index < -0.39 is 30.6 Å². The van der Waals surface area contributed by atoms with Crippen LogP contribution >= 0.6 is 0 Å². The third-order valence-corrected chi connectivity index (χ3v) is 2.38. The largest absolute Gasteiger partial charge is 0.341 e. The van der Waals surface area contributed by atoms with Gasteiger partial charge in [-0.2, -0.15) is 15.3 Å². The minimum atomic E-state index is -0.808. The molecule has 1 aliphatic rings. The first-order valence-electron chi connectivity index (χ1n) is 4.37. The summed E-state index contributed by atoms with van der Waals surface area (Å²) >= 11 is 0. The Morgan fingerprint density at radius 3 is 2.00 bits per heavy atom. The lowest BCUT2D eigenvalue weighted by Gasteiger charge is -2.38. The van der Waals surface area contributed by atoms with E-state index in [2.05, 4.69) is 20.7 Å². The third kappa shape index (κ3) is 2.03. The van der Waals surface area contributed by atoms with E-state index >= 15 is 0 Å². The van der Waals surface area contributed by atoms with Crippen LogP contribution in [0.25, 0.3) is 0 Å². The van der Waals surface area contributed by atoms with Gasteiger partial charge >= 0.3 is 0 Å². The zero-order valence-corrected chi connectivity index (χ0v) is 8.21. The molecule has 0 radical (unpaired) electrons. The summed E-state index contributed by atoms with van der Waals surface area (Å²) in [4.78, 5) is 0. The highest BCUT2D eigenvalue weighted by atomic mass is 16.5. The Morgan fingerprint density at radius 2 is 1.60 bits per heavy atom. The molecule has 0 aromatic rings. The molecule has 6 N–H and O–H groups in total. The lowest BCUT2D eigenvalue weighted by molar-refractivity contribution is -0.0912. The van der Waals surface area contributed by atoms with Gasteiger partial charge in [0.15, 0.2) is 0 Å². The molecule has 1 saturated heterocycles. The molecule has 0 aromatic carbocycles. The maximum Gasteiger partial charge on any atom is 0.136 e. The van der Waals surface area contributed by atoms with Gasteiger partial charge in [-0.15, -0.1) is 0 Å². The van der Waals surface area contributed by atoms with Crippen LogP contribution in [0.2, 0.25) is 0 Å². The van der Waals surface area contributed by atoms with Crippen molar-refractivity contribution in [1.29, 1.82) is 16.6 Å². The Balaban J connectivity index is 2.94. The highest BCUT2D eigenvalue weighted by Crippen LogP contribution is 2.24. The van der Waals surface area contributed by atoms with Crippen molar-refractivity contribution < 1.29 is 4.74 Å². The zero-order chi connectivity index (χ0) is 11.4. The van der Waals surface area contributed by atoms with Crippen LogP contribution < -0.4 is 11.1 Å². The van der Waals surface area contributed by atoms with Crippen molar-refractivity contribution in [3.05, 3.63) is 0 Å². The molecule has 1 rings (SSSR count). The number of hydrogen-bond acceptors (Lipinski definition) is 9. The Morgan fingerprint density at radius 1 is 1.07 bits per heavy atom. The van der Waals surface area contributed by atoms with Gasteiger partial charge in [-0.3, -0.25) is 5.32 Å². The highest BCUT2D eigenvalue weighted by Gasteiger charge is 2.45. The number of ether oxygens (including phenoxy) is 1. The monoisotopic (exact) mass is 214 g/mol. The van der Waals surface area contributed by atoms with Gasteiger partial charge in [-0.1, -0.05) is 0 Å². The highest BCUT2D eigenvalue weighted by molar-refractivity contribution is 4.99. The van der Waals surface area contributed by atoms with Crippen molar-refractivity contribution in [2.24, 2.45) is 21.1 Å². The molecule has 1 heterocycles. The number of nitrogens with one attached hydrogen (secondary N) is 4. The van der Waals surface area contributed by atoms with Crippen molar-refractivity contribution in [2.75, 3.05) is 7.05 Å². The predicted octanol–water partition coefficient (Wildman–Crippen LogP) is 0.0456. The average Bonchev–Trinajstić information content (AvgIpc) is 2.27. The summed E-state index contributed by atoms with van der Waals surface area (Å²) in [6.07, 6.45) is -1.38. The lowest BCUT2D eigenvalue weighted by atomic mass is 9.96. The summed E-state index contributed by atoms with van der Waals surface area (Å²) in [5.41, 5.74) is 26.6. The van der Waals surface area contributed by atoms with Gasteiger partial charge in [-0.25, -0.2) is 16.6 Å². The van der Waals surface area contributed by atoms with Gasteiger partial charge in [0.25, 0.3) is 0 Å². The lowest BCUT2D eigenvalue weighted by Crippen LogP contribution is -2.61. The summed E-state index contributed by atoms with van der Waals surface area (Å²) in [6.45, 7) is 0. The van der Waals surface area contributed by atoms with E-state index in [0.29, 0.717) is 0 Å². The summed E-state index contributed by atoms with van der Waals surface area (Å²) in [5, 5.41) is 12.7. The molecule has 0 bridgehead atoms. The molecule has 0 amide bonds. The second-order valence-electron chi connectivity index (χ2n) is 3.17. The fourth-order valence-electron chi connectivity index (χ4n) is 1.59. The molecule has 0 aromatic heterocycles. The molecule has 5 unspecified atom stereocenters. The first-order valence-corrected chi connectivity index (χ1v) is 4.37. The number of nitrogens with two attached hydrogens (primary N) is 1. The summed E-state index contributed by atoms with van der Waals surface area (Å²) in [5.74, 6) is 0. The van der Waals surface area contributed by atoms with Crippen molar-refractivity contribution in [3.63, 3.8) is 0 Å². The maximum atomic E-state index is 7.02. The SMILES string of the molecule is CNC1OC(N)C(N=N)C(N=N)C1N=N. The Bertz CT molecular complexity index is 258. The van der Waals surface area contributed by atoms with Gasteiger partial charge in [0.05, 0.1) is 0 Å². The van der Waals surface area contributed by atoms with Crippen molar-refractivity contribution in [1.82, 2.24) is 5.32 Å². The van der Waals surface area contributed by atoms with Gasteiger partial charge in [0.2, 0.25) is 0 Å². The van der Waals surface area contributed by atoms with Crippen LogP contribution in [0, 0.1) is 16.6 Å². The van der Waals surface area contributed by atoms with Crippen LogP contribution in [0.4, 0.5) is 0 Å². The van der Waals surface area contributed by atoms with Crippen molar-refractivity contribution >= 4 is 0 Å². The Labute approximate surface area is 86.3 Å². The topological polar surface area (TPSA) is 156 Å². The first-order chi connectivity index (χ1) is 7.19. The fourth-order valence-corrected chi connectivity index (χ4v) is 1.59. The molecular weight excluding hydrogens is 200 g/mol. The number of likely N-dealkylation sites (N-methyl/N-ethyl adjacent to an activating group) is 1. The standard InChI is InChI=1S/C6H14N8O/c1-11-6-4(14-10)2(12-8)3(13-9)5(7)15-6/h2-6,8-11H,7H2,1H3. The van der Waals surface area contributed by atoms with Crippen molar-refractivity contribution in [2.45, 2.75) is 30.6 Å². The van der Waals surface area contributed by atoms with Gasteiger partial charge in [0.1, 0.15) is 30.6 Å². The van der Waals surface area contributed by atoms with Crippen LogP contribution in [0.5, 0.6) is 0 Å². The van der Waals surface area contributed by atoms with Gasteiger partial charge in [-0.05, 0) is 7.05 Å². The number of rotatable bonds is 4. The van der Waals surface area contributed by atoms with E-state index in [9.17, 15) is 0 Å². The molecule has 5 atom stereocenters. The second-order valence-corrected chi connectivity index (χ2v) is 3.17. The molecule has 0 saturated carbocycles. The molecular formula is C6H14N8O. The second kappa shape index (κ2) is 4.96. The Kier molecular flexibility index (Phi) is 3.88. The van der Waals surface area contributed by atoms with Crippen LogP contribution in [0.1, 0.15) is 0 Å². The molecule has 1 fully saturated rings. The normalized spacial score (nSPS) is 40.8. The average molecular weight is 214 g/mol. The van der Waals surface area contributed by atoms with Gasteiger partial charge < -0.3 is 10.5 Å². The molecule has 0 spiro atoms. The third-order valence-electron chi connectivity index (χ3n) is 2.38. The maximum absolute atomic E-state index is 7.02. The number of hydrogen-bond donors (Lipinski definition) is 5. The molecule has 1 aliphatic heterocycles. The van der Waals surface area contributed by atoms with E-state index in [-0.39, 0.29) is 0 Å². The predicted molar refractivity (Wildman–Crippen MR) is 48.7 cm³/mol. The summed E-state index contributed by atoms with van der Waals surface area (Å²) in [6, 6.07) is -2.15. The minimum Gasteiger partial charge on any atom is -0.341 e. The fraction of sp³-hybridized carbons (Fsp3) is 1.00. The molecule has 84 valence electrons. The van der Waals surface area contributed by atoms with Crippen molar-refractivity contribution in [3.8, 4) is 0 Å². The Hall–Kier alpha value is -1.32. The molecule has 9 heteroatoms. The van der Waals surface area contributed by atoms with E-state index in [1.54, 1.807) is 7.05 Å². The number of nitrogens with zero attached hydrogens (tertiary/aromatic N) is 3. The summed E-state index contributed by atoms with van der Waals surface area (Å²) < 4.78 is 5.27. The first kappa shape index (κ1) is 11.8. The molecule has 0 aliphatic carbocycles. The van der Waals surface area contributed by atoms with Gasteiger partial charge in [0, 0.05) is 0 Å². The summed E-state index contributed by atoms with van der Waals surface area (Å²) in [7, 11) is 1.63. The van der Waals surface area contributed by atoms with E-state index in [1.807, 2.05) is 0 Å². The van der Waals surface area contributed by atoms with Crippen LogP contribution in [0.15, 0.2) is 15.3 Å². The molecule has 9 nitrogen and oxygen atoms in total. The van der Waals surface area contributed by atoms with E-state index in [1.165, 1.54) is 0 Å². The smallest absolute Gasteiger partial charge is 0.136 e. The van der Waals surface area contributed by atoms with E-state index in [0.717, 1.165) is 0 Å². The van der Waals surface area contributed by atoms with E-state index in [4.69, 9.17) is 27.1 Å². The zero-order valence-electron chi connectivity index (χ0n) is 8.21. The molecule has 15 heavy (non-hydrogen) atoms. The minimum absolute atomic E-state index is 0.574. The quantitative estimate of drug-likeness (QED) is 0.419.